The zero-order valence-corrected chi connectivity index (χ0v) is 22.4. The molecule has 1 N–H and O–H groups in total. The van der Waals surface area contributed by atoms with E-state index in [-0.39, 0.29) is 17.9 Å². The summed E-state index contributed by atoms with van der Waals surface area (Å²) in [4.78, 5) is 28.1. The number of carbonyl (C=O) groups is 2. The van der Waals surface area contributed by atoms with E-state index >= 15 is 0 Å². The van der Waals surface area contributed by atoms with Crippen LogP contribution in [0.1, 0.15) is 22.7 Å². The Labute approximate surface area is 223 Å². The lowest BCUT2D eigenvalue weighted by molar-refractivity contribution is -0.140. The number of methoxy groups -OCH3 is 4. The van der Waals surface area contributed by atoms with Crippen molar-refractivity contribution in [3.05, 3.63) is 87.4 Å². The number of rotatable bonds is 8. The van der Waals surface area contributed by atoms with Crippen molar-refractivity contribution in [1.82, 2.24) is 4.90 Å². The lowest BCUT2D eigenvalue weighted by Crippen LogP contribution is -2.29. The number of likely N-dealkylation sites (tertiary alicyclic amines) is 1. The summed E-state index contributed by atoms with van der Waals surface area (Å²) >= 11 is 3.41. The van der Waals surface area contributed by atoms with Gasteiger partial charge in [0.25, 0.3) is 11.7 Å². The molecule has 1 fully saturated rings. The fourth-order valence-electron chi connectivity index (χ4n) is 4.32. The molecule has 0 saturated carbocycles. The van der Waals surface area contributed by atoms with E-state index < -0.39 is 17.7 Å². The van der Waals surface area contributed by atoms with Crippen LogP contribution in [0.2, 0.25) is 0 Å². The number of ketones is 1. The van der Waals surface area contributed by atoms with E-state index in [1.54, 1.807) is 67.8 Å². The van der Waals surface area contributed by atoms with Crippen LogP contribution in [0.3, 0.4) is 0 Å². The highest BCUT2D eigenvalue weighted by Gasteiger charge is 2.46. The van der Waals surface area contributed by atoms with Crippen LogP contribution in [-0.4, -0.2) is 50.1 Å². The second-order valence-corrected chi connectivity index (χ2v) is 9.09. The summed E-state index contributed by atoms with van der Waals surface area (Å²) in [5.41, 5.74) is 1.74. The van der Waals surface area contributed by atoms with Crippen LogP contribution < -0.4 is 18.9 Å². The van der Waals surface area contributed by atoms with Gasteiger partial charge in [0.05, 0.1) is 44.5 Å². The van der Waals surface area contributed by atoms with Crippen molar-refractivity contribution in [2.24, 2.45) is 0 Å². The number of nitrogens with zero attached hydrogens (tertiary/aromatic N) is 1. The third-order valence-electron chi connectivity index (χ3n) is 6.20. The molecule has 3 aromatic carbocycles. The molecule has 8 nitrogen and oxygen atoms in total. The molecular formula is C28H26BrNO7. The summed E-state index contributed by atoms with van der Waals surface area (Å²) in [7, 11) is 6.15. The van der Waals surface area contributed by atoms with Gasteiger partial charge in [0, 0.05) is 12.1 Å². The topological polar surface area (TPSA) is 94.5 Å². The predicted molar refractivity (Wildman–Crippen MR) is 141 cm³/mol. The summed E-state index contributed by atoms with van der Waals surface area (Å²) in [6.45, 7) is 0.102. The van der Waals surface area contributed by atoms with Gasteiger partial charge in [0.2, 0.25) is 0 Å². The normalized spacial score (nSPS) is 16.6. The second kappa shape index (κ2) is 11.0. The number of Topliss-reactive ketones (excluding diaryl/α,β-unsaturated/α-hetero) is 1. The minimum atomic E-state index is -0.833. The number of aliphatic hydroxyl groups is 1. The van der Waals surface area contributed by atoms with Gasteiger partial charge in [-0.3, -0.25) is 9.59 Å². The molecule has 0 spiro atoms. The minimum absolute atomic E-state index is 0.00675. The van der Waals surface area contributed by atoms with Crippen molar-refractivity contribution in [1.29, 1.82) is 0 Å². The fraction of sp³-hybridized carbons (Fsp3) is 0.214. The highest BCUT2D eigenvalue weighted by Crippen LogP contribution is 2.42. The molecule has 0 bridgehead atoms. The van der Waals surface area contributed by atoms with Crippen LogP contribution in [0, 0.1) is 0 Å². The van der Waals surface area contributed by atoms with E-state index in [1.807, 2.05) is 0 Å². The number of ether oxygens (including phenoxy) is 4. The molecule has 1 aliphatic heterocycles. The second-order valence-electron chi connectivity index (χ2n) is 8.24. The average molecular weight is 568 g/mol. The number of halogens is 1. The van der Waals surface area contributed by atoms with E-state index in [9.17, 15) is 14.7 Å². The molecule has 0 aromatic heterocycles. The Morgan fingerprint density at radius 1 is 0.838 bits per heavy atom. The Bertz CT molecular complexity index is 1370. The Morgan fingerprint density at radius 2 is 1.49 bits per heavy atom. The molecule has 9 heteroatoms. The largest absolute Gasteiger partial charge is 0.507 e. The third kappa shape index (κ3) is 4.99. The summed E-state index contributed by atoms with van der Waals surface area (Å²) in [6.07, 6.45) is 0. The van der Waals surface area contributed by atoms with Gasteiger partial charge in [-0.1, -0.05) is 18.2 Å². The number of benzene rings is 3. The number of hydrogen-bond donors (Lipinski definition) is 1. The molecule has 37 heavy (non-hydrogen) atoms. The summed E-state index contributed by atoms with van der Waals surface area (Å²) < 4.78 is 21.8. The molecule has 3 aromatic rings. The van der Waals surface area contributed by atoms with Crippen molar-refractivity contribution in [3.8, 4) is 23.0 Å². The molecule has 1 unspecified atom stereocenters. The summed E-state index contributed by atoms with van der Waals surface area (Å²) in [6, 6.07) is 16.4. The molecule has 0 radical (unpaired) electrons. The lowest BCUT2D eigenvalue weighted by Gasteiger charge is -2.26. The van der Waals surface area contributed by atoms with E-state index in [2.05, 4.69) is 15.9 Å². The van der Waals surface area contributed by atoms with E-state index in [1.165, 1.54) is 26.2 Å². The monoisotopic (exact) mass is 567 g/mol. The van der Waals surface area contributed by atoms with Crippen LogP contribution in [0.25, 0.3) is 5.76 Å². The van der Waals surface area contributed by atoms with Gasteiger partial charge >= 0.3 is 0 Å². The van der Waals surface area contributed by atoms with Gasteiger partial charge in [-0.05, 0) is 69.5 Å². The van der Waals surface area contributed by atoms with Crippen LogP contribution in [0.5, 0.6) is 23.0 Å². The van der Waals surface area contributed by atoms with E-state index in [4.69, 9.17) is 18.9 Å². The fourth-order valence-corrected chi connectivity index (χ4v) is 4.86. The van der Waals surface area contributed by atoms with Crippen LogP contribution in [-0.2, 0) is 16.1 Å². The first-order valence-electron chi connectivity index (χ1n) is 11.3. The van der Waals surface area contributed by atoms with Gasteiger partial charge in [0.15, 0.2) is 11.5 Å². The molecular weight excluding hydrogens is 542 g/mol. The first kappa shape index (κ1) is 26.1. The predicted octanol–water partition coefficient (Wildman–Crippen LogP) is 5.11. The van der Waals surface area contributed by atoms with Gasteiger partial charge in [-0.15, -0.1) is 0 Å². The van der Waals surface area contributed by atoms with Gasteiger partial charge in [-0.2, -0.15) is 0 Å². The highest BCUT2D eigenvalue weighted by molar-refractivity contribution is 9.10. The SMILES string of the molecule is COc1ccc(C2/C(=C(/O)c3ccc(OC)c(Br)c3)C(=O)C(=O)N2Cc2ccc(OC)c(OC)c2)cc1. The molecule has 1 heterocycles. The van der Waals surface area contributed by atoms with Crippen molar-refractivity contribution >= 4 is 33.4 Å². The van der Waals surface area contributed by atoms with E-state index in [0.717, 1.165) is 5.56 Å². The van der Waals surface area contributed by atoms with Gasteiger partial charge in [0.1, 0.15) is 17.3 Å². The molecule has 1 saturated heterocycles. The average Bonchev–Trinajstić information content (AvgIpc) is 3.17. The molecule has 1 amide bonds. The highest BCUT2D eigenvalue weighted by atomic mass is 79.9. The van der Waals surface area contributed by atoms with Crippen LogP contribution in [0.15, 0.2) is 70.7 Å². The van der Waals surface area contributed by atoms with Gasteiger partial charge < -0.3 is 29.0 Å². The van der Waals surface area contributed by atoms with Crippen molar-refractivity contribution in [2.75, 3.05) is 28.4 Å². The minimum Gasteiger partial charge on any atom is -0.507 e. The molecule has 192 valence electrons. The molecule has 4 rings (SSSR count). The first-order valence-corrected chi connectivity index (χ1v) is 12.1. The van der Waals surface area contributed by atoms with E-state index in [0.29, 0.717) is 38.6 Å². The Morgan fingerprint density at radius 3 is 2.08 bits per heavy atom. The molecule has 1 atom stereocenters. The number of hydrogen-bond acceptors (Lipinski definition) is 7. The first-order chi connectivity index (χ1) is 17.8. The number of aliphatic hydroxyl groups excluding tert-OH is 1. The lowest BCUT2D eigenvalue weighted by atomic mass is 9.95. The van der Waals surface area contributed by atoms with Crippen LogP contribution in [0.4, 0.5) is 0 Å². The maximum Gasteiger partial charge on any atom is 0.295 e. The van der Waals surface area contributed by atoms with Crippen LogP contribution >= 0.6 is 15.9 Å². The Kier molecular flexibility index (Phi) is 7.73. The smallest absolute Gasteiger partial charge is 0.295 e. The van der Waals surface area contributed by atoms with Crippen molar-refractivity contribution in [2.45, 2.75) is 12.6 Å². The maximum atomic E-state index is 13.3. The molecule has 0 aliphatic carbocycles. The quantitative estimate of drug-likeness (QED) is 0.230. The standard InChI is InChI=1S/C28H26BrNO7/c1-34-19-9-6-17(7-10-19)25-24(26(31)18-8-12-21(35-2)20(29)14-18)27(32)28(33)30(25)15-16-5-11-22(36-3)23(13-16)37-4/h5-14,25,31H,15H2,1-4H3/b26-24-. The van der Waals surface area contributed by atoms with Crippen molar-refractivity contribution in [3.63, 3.8) is 0 Å². The summed E-state index contributed by atoms with van der Waals surface area (Å²) in [5.74, 6) is 0.468. The number of carbonyl (C=O) groups excluding carboxylic acids is 2. The van der Waals surface area contributed by atoms with Crippen molar-refractivity contribution < 1.29 is 33.6 Å². The molecule has 1 aliphatic rings. The zero-order valence-electron chi connectivity index (χ0n) is 20.8. The Balaban J connectivity index is 1.84. The maximum absolute atomic E-state index is 13.3. The summed E-state index contributed by atoms with van der Waals surface area (Å²) in [5, 5.41) is 11.3. The third-order valence-corrected chi connectivity index (χ3v) is 6.82. The number of amides is 1. The van der Waals surface area contributed by atoms with Gasteiger partial charge in [-0.25, -0.2) is 0 Å². The zero-order chi connectivity index (χ0) is 26.7. The Hall–Kier alpha value is -3.98.